The first-order valence-corrected chi connectivity index (χ1v) is 10.6. The number of carbonyl (C=O) groups is 1. The molecule has 0 saturated carbocycles. The van der Waals surface area contributed by atoms with E-state index in [-0.39, 0.29) is 46.6 Å². The minimum Gasteiger partial charge on any atom is -0.744 e. The van der Waals surface area contributed by atoms with Crippen molar-refractivity contribution in [2.75, 3.05) is 13.2 Å². The fraction of sp³-hybridized carbons (Fsp3) is 0.136. The number of ether oxygens (including phenoxy) is 2. The van der Waals surface area contributed by atoms with Gasteiger partial charge in [-0.15, -0.1) is 0 Å². The van der Waals surface area contributed by atoms with E-state index in [0.717, 1.165) is 12.1 Å². The molecule has 6 nitrogen and oxygen atoms in total. The van der Waals surface area contributed by atoms with E-state index in [1.165, 1.54) is 54.6 Å². The zero-order valence-corrected chi connectivity index (χ0v) is 19.9. The summed E-state index contributed by atoms with van der Waals surface area (Å²) in [6.07, 6.45) is 0.503. The number of halogens is 2. The molecule has 0 heterocycles. The SMILES string of the molecule is O=C(c1ccc(OCCCOc2ccc(S(=O)(=O)[O-])cc2)cc1)c1c(F)cccc1F.[Na+]. The van der Waals surface area contributed by atoms with E-state index in [1.807, 2.05) is 0 Å². The van der Waals surface area contributed by atoms with E-state index in [2.05, 4.69) is 0 Å². The van der Waals surface area contributed by atoms with Crippen LogP contribution in [0.25, 0.3) is 0 Å². The molecule has 0 spiro atoms. The molecule has 0 radical (unpaired) electrons. The Balaban J connectivity index is 0.00000363. The molecule has 0 aliphatic heterocycles. The molecule has 3 rings (SSSR count). The summed E-state index contributed by atoms with van der Waals surface area (Å²) in [5.41, 5.74) is -0.475. The van der Waals surface area contributed by atoms with Gasteiger partial charge < -0.3 is 14.0 Å². The molecule has 0 fully saturated rings. The van der Waals surface area contributed by atoms with Crippen LogP contribution in [0.2, 0.25) is 0 Å². The Kier molecular flexibility index (Phi) is 9.35. The second kappa shape index (κ2) is 11.5. The van der Waals surface area contributed by atoms with Gasteiger partial charge in [-0.25, -0.2) is 17.2 Å². The van der Waals surface area contributed by atoms with Crippen molar-refractivity contribution in [3.05, 3.63) is 89.5 Å². The van der Waals surface area contributed by atoms with Gasteiger partial charge in [0.15, 0.2) is 5.78 Å². The van der Waals surface area contributed by atoms with Crippen LogP contribution in [-0.4, -0.2) is 32.0 Å². The van der Waals surface area contributed by atoms with E-state index in [1.54, 1.807) is 0 Å². The number of ketones is 1. The van der Waals surface area contributed by atoms with Gasteiger partial charge in [0.2, 0.25) is 0 Å². The van der Waals surface area contributed by atoms with Crippen LogP contribution >= 0.6 is 0 Å². The van der Waals surface area contributed by atoms with Crippen molar-refractivity contribution in [2.24, 2.45) is 0 Å². The number of hydrogen-bond acceptors (Lipinski definition) is 6. The van der Waals surface area contributed by atoms with E-state index in [9.17, 15) is 26.5 Å². The maximum absolute atomic E-state index is 13.8. The van der Waals surface area contributed by atoms with Crippen LogP contribution in [0.5, 0.6) is 11.5 Å². The van der Waals surface area contributed by atoms with Gasteiger partial charge in [0, 0.05) is 12.0 Å². The minimum absolute atomic E-state index is 0. The Labute approximate surface area is 206 Å². The molecule has 3 aromatic carbocycles. The van der Waals surface area contributed by atoms with Crippen LogP contribution in [0.15, 0.2) is 71.6 Å². The molecule has 3 aromatic rings. The molecule has 0 unspecified atom stereocenters. The van der Waals surface area contributed by atoms with Crippen molar-refractivity contribution in [3.8, 4) is 11.5 Å². The van der Waals surface area contributed by atoms with Crippen molar-refractivity contribution >= 4 is 15.9 Å². The van der Waals surface area contributed by atoms with Crippen molar-refractivity contribution in [2.45, 2.75) is 11.3 Å². The Bertz CT molecular complexity index is 1150. The van der Waals surface area contributed by atoms with E-state index in [4.69, 9.17) is 9.47 Å². The third-order valence-corrected chi connectivity index (χ3v) is 5.09. The monoisotopic (exact) mass is 470 g/mol. The number of rotatable bonds is 9. The molecular weight excluding hydrogens is 453 g/mol. The zero-order valence-electron chi connectivity index (χ0n) is 17.1. The summed E-state index contributed by atoms with van der Waals surface area (Å²) in [6.45, 7) is 0.578. The van der Waals surface area contributed by atoms with Crippen LogP contribution in [0.1, 0.15) is 22.3 Å². The molecule has 162 valence electrons. The summed E-state index contributed by atoms with van der Waals surface area (Å²) in [4.78, 5) is 12.0. The van der Waals surface area contributed by atoms with Crippen LogP contribution < -0.4 is 39.0 Å². The molecule has 0 saturated heterocycles. The smallest absolute Gasteiger partial charge is 0.744 e. The Morgan fingerprint density at radius 2 is 1.28 bits per heavy atom. The van der Waals surface area contributed by atoms with Crippen LogP contribution in [0, 0.1) is 11.6 Å². The Morgan fingerprint density at radius 3 is 1.75 bits per heavy atom. The van der Waals surface area contributed by atoms with Crippen molar-refractivity contribution in [3.63, 3.8) is 0 Å². The van der Waals surface area contributed by atoms with Gasteiger partial charge in [0.05, 0.1) is 23.7 Å². The van der Waals surface area contributed by atoms with Crippen LogP contribution in [-0.2, 0) is 10.1 Å². The molecule has 32 heavy (non-hydrogen) atoms. The van der Waals surface area contributed by atoms with Gasteiger partial charge in [-0.2, -0.15) is 0 Å². The molecule has 0 aromatic heterocycles. The summed E-state index contributed by atoms with van der Waals surface area (Å²) < 4.78 is 71.1. The molecule has 0 aliphatic carbocycles. The maximum atomic E-state index is 13.8. The van der Waals surface area contributed by atoms with Crippen LogP contribution in [0.3, 0.4) is 0 Å². The molecule has 0 atom stereocenters. The average molecular weight is 470 g/mol. The average Bonchev–Trinajstić information content (AvgIpc) is 2.73. The number of hydrogen-bond donors (Lipinski definition) is 0. The summed E-state index contributed by atoms with van der Waals surface area (Å²) in [6, 6.07) is 14.2. The summed E-state index contributed by atoms with van der Waals surface area (Å²) in [7, 11) is -4.49. The molecule has 0 aliphatic rings. The molecular formula is C22H17F2NaO6S. The van der Waals surface area contributed by atoms with E-state index < -0.39 is 33.1 Å². The topological polar surface area (TPSA) is 92.7 Å². The van der Waals surface area contributed by atoms with Gasteiger partial charge in [-0.3, -0.25) is 4.79 Å². The largest absolute Gasteiger partial charge is 1.00 e. The molecule has 0 N–H and O–H groups in total. The minimum atomic E-state index is -4.49. The molecule has 0 bridgehead atoms. The summed E-state index contributed by atoms with van der Waals surface area (Å²) in [5.74, 6) is -1.72. The number of carbonyl (C=O) groups excluding carboxylic acids is 1. The van der Waals surface area contributed by atoms with Crippen molar-refractivity contribution < 1.29 is 65.6 Å². The fourth-order valence-corrected chi connectivity index (χ4v) is 3.17. The third kappa shape index (κ3) is 6.85. The normalized spacial score (nSPS) is 10.8. The van der Waals surface area contributed by atoms with Gasteiger partial charge >= 0.3 is 29.6 Å². The van der Waals surface area contributed by atoms with E-state index >= 15 is 0 Å². The van der Waals surface area contributed by atoms with Gasteiger partial charge in [0.25, 0.3) is 0 Å². The first-order valence-electron chi connectivity index (χ1n) is 9.16. The van der Waals surface area contributed by atoms with Gasteiger partial charge in [0.1, 0.15) is 33.3 Å². The standard InChI is InChI=1S/C22H18F2O6S.Na/c23-19-3-1-4-20(24)21(19)22(25)15-5-7-16(8-6-15)29-13-2-14-30-17-9-11-18(12-10-17)31(26,27)28;/h1,3-12H,2,13-14H2,(H,26,27,28);/q;+1/p-1. The molecule has 10 heteroatoms. The van der Waals surface area contributed by atoms with Crippen molar-refractivity contribution in [1.82, 2.24) is 0 Å². The van der Waals surface area contributed by atoms with Crippen molar-refractivity contribution in [1.29, 1.82) is 0 Å². The quantitative estimate of drug-likeness (QED) is 0.200. The first-order chi connectivity index (χ1) is 14.8. The van der Waals surface area contributed by atoms with Crippen LogP contribution in [0.4, 0.5) is 8.78 Å². The fourth-order valence-electron chi connectivity index (χ4n) is 2.70. The maximum Gasteiger partial charge on any atom is 1.00 e. The number of benzene rings is 3. The Hall–Kier alpha value is -2.30. The second-order valence-electron chi connectivity index (χ2n) is 6.43. The molecule has 0 amide bonds. The predicted octanol–water partition coefficient (Wildman–Crippen LogP) is 0.952. The Morgan fingerprint density at radius 1 is 0.812 bits per heavy atom. The van der Waals surface area contributed by atoms with Gasteiger partial charge in [-0.1, -0.05) is 6.07 Å². The zero-order chi connectivity index (χ0) is 22.4. The third-order valence-electron chi connectivity index (χ3n) is 4.24. The first kappa shape index (κ1) is 26.0. The predicted molar refractivity (Wildman–Crippen MR) is 106 cm³/mol. The van der Waals surface area contributed by atoms with E-state index in [0.29, 0.717) is 24.5 Å². The van der Waals surface area contributed by atoms with Gasteiger partial charge in [-0.05, 0) is 60.7 Å². The second-order valence-corrected chi connectivity index (χ2v) is 7.81. The summed E-state index contributed by atoms with van der Waals surface area (Å²) >= 11 is 0. The summed E-state index contributed by atoms with van der Waals surface area (Å²) in [5, 5.41) is 0.